The first-order chi connectivity index (χ1) is 12.2. The summed E-state index contributed by atoms with van der Waals surface area (Å²) < 4.78 is 15.9. The summed E-state index contributed by atoms with van der Waals surface area (Å²) in [7, 11) is 0. The van der Waals surface area contributed by atoms with Gasteiger partial charge in [0, 0.05) is 16.2 Å². The van der Waals surface area contributed by atoms with Gasteiger partial charge in [0.15, 0.2) is 5.11 Å². The van der Waals surface area contributed by atoms with E-state index in [1.54, 1.807) is 0 Å². The second-order valence-corrected chi connectivity index (χ2v) is 11.5. The lowest BCUT2D eigenvalue weighted by atomic mass is 9.96. The average molecular weight is 388 g/mol. The van der Waals surface area contributed by atoms with Crippen LogP contribution < -0.4 is 15.3 Å². The highest BCUT2D eigenvalue weighted by Crippen LogP contribution is 2.71. The van der Waals surface area contributed by atoms with E-state index in [0.717, 1.165) is 28.7 Å². The molecule has 1 N–H and O–H groups in total. The van der Waals surface area contributed by atoms with Crippen LogP contribution in [0.1, 0.15) is 32.1 Å². The third kappa shape index (κ3) is 3.25. The third-order valence-corrected chi connectivity index (χ3v) is 10.4. The highest BCUT2D eigenvalue weighted by molar-refractivity contribution is 8.61. The van der Waals surface area contributed by atoms with Crippen LogP contribution in [0, 0.1) is 0 Å². The minimum absolute atomic E-state index is 0.392. The summed E-state index contributed by atoms with van der Waals surface area (Å²) in [6.45, 7) is -2.89. The van der Waals surface area contributed by atoms with Crippen molar-refractivity contribution >= 4 is 46.2 Å². The summed E-state index contributed by atoms with van der Waals surface area (Å²) in [6.07, 6.45) is 6.05. The molecular weight excluding hydrogens is 367 g/mol. The lowest BCUT2D eigenvalue weighted by molar-refractivity contribution is 0.414. The zero-order valence-electron chi connectivity index (χ0n) is 13.9. The Morgan fingerprint density at radius 1 is 1.04 bits per heavy atom. The molecular formula is C19H21N2OPS2. The monoisotopic (exact) mass is 388 g/mol. The predicted molar refractivity (Wildman–Crippen MR) is 111 cm³/mol. The summed E-state index contributed by atoms with van der Waals surface area (Å²) in [4.78, 5) is 1.03. The topological polar surface area (TPSA) is 32.3 Å². The Morgan fingerprint density at radius 3 is 2.48 bits per heavy atom. The van der Waals surface area contributed by atoms with Crippen LogP contribution in [0.25, 0.3) is 0 Å². The zero-order valence-corrected chi connectivity index (χ0v) is 16.5. The lowest BCUT2D eigenvalue weighted by Gasteiger charge is -2.31. The molecule has 0 spiro atoms. The molecule has 2 aliphatic rings. The molecule has 2 aromatic rings. The molecule has 25 heavy (non-hydrogen) atoms. The van der Waals surface area contributed by atoms with Gasteiger partial charge in [-0.3, -0.25) is 9.24 Å². The van der Waals surface area contributed by atoms with Crippen LogP contribution in [0.2, 0.25) is 0 Å². The van der Waals surface area contributed by atoms with E-state index in [4.69, 9.17) is 12.2 Å². The number of thiocarbonyl (C=S) groups is 1. The zero-order chi connectivity index (χ0) is 17.3. The Bertz CT molecular complexity index is 821. The molecule has 130 valence electrons. The van der Waals surface area contributed by atoms with Gasteiger partial charge < -0.3 is 5.32 Å². The van der Waals surface area contributed by atoms with Crippen molar-refractivity contribution in [1.82, 2.24) is 5.32 Å². The van der Waals surface area contributed by atoms with Crippen molar-refractivity contribution in [2.24, 2.45) is 0 Å². The summed E-state index contributed by atoms with van der Waals surface area (Å²) in [6, 6.07) is 18.1. The summed E-state index contributed by atoms with van der Waals surface area (Å²) >= 11 is 7.19. The molecule has 1 fully saturated rings. The molecule has 1 aliphatic heterocycles. The van der Waals surface area contributed by atoms with Gasteiger partial charge in [-0.1, -0.05) is 49.6 Å². The molecule has 0 aromatic heterocycles. The van der Waals surface area contributed by atoms with Gasteiger partial charge in [0.05, 0.1) is 5.69 Å². The quantitative estimate of drug-likeness (QED) is 0.556. The largest absolute Gasteiger partial charge is 0.359 e. The number of nitrogens with zero attached hydrogens (tertiary/aromatic N) is 1. The first-order valence-corrected chi connectivity index (χ1v) is 12.2. The summed E-state index contributed by atoms with van der Waals surface area (Å²) in [5, 5.41) is 4.93. The van der Waals surface area contributed by atoms with Crippen LogP contribution in [0.5, 0.6) is 0 Å². The van der Waals surface area contributed by atoms with Crippen molar-refractivity contribution in [3.05, 3.63) is 54.6 Å². The first kappa shape index (κ1) is 17.1. The molecule has 3 nitrogen and oxygen atoms in total. The van der Waals surface area contributed by atoms with E-state index in [2.05, 4.69) is 5.32 Å². The highest BCUT2D eigenvalue weighted by Gasteiger charge is 2.44. The molecule has 0 saturated heterocycles. The fourth-order valence-electron chi connectivity index (χ4n) is 3.52. The van der Waals surface area contributed by atoms with Crippen molar-refractivity contribution in [3.8, 4) is 0 Å². The Hall–Kier alpha value is -1.29. The van der Waals surface area contributed by atoms with Crippen LogP contribution in [0.3, 0.4) is 0 Å². The molecule has 4 rings (SSSR count). The van der Waals surface area contributed by atoms with Gasteiger partial charge in [0.25, 0.3) is 6.49 Å². The van der Waals surface area contributed by atoms with Gasteiger partial charge in [0.1, 0.15) is 0 Å². The molecule has 0 radical (unpaired) electrons. The maximum absolute atomic E-state index is 14.0. The number of anilines is 1. The molecule has 6 heteroatoms. The third-order valence-electron chi connectivity index (χ3n) is 4.79. The standard InChI is InChI=1S/C19H21N2OPS2/c22-23(16-11-5-2-6-12-16)21(17-13-7-8-14-18(17)25-23)19(24)20-15-9-3-1-4-10-15/h2,5-8,11-15H,1,3-4,9-10H2,(H,20,24). The van der Waals surface area contributed by atoms with Crippen molar-refractivity contribution < 1.29 is 4.57 Å². The number of hydrogen-bond donors (Lipinski definition) is 1. The Labute approximate surface area is 158 Å². The van der Waals surface area contributed by atoms with Gasteiger partial charge in [-0.05, 0) is 60.7 Å². The number of nitrogens with one attached hydrogen (secondary N) is 1. The number of para-hydroxylation sites is 1. The van der Waals surface area contributed by atoms with E-state index >= 15 is 0 Å². The Morgan fingerprint density at radius 2 is 1.72 bits per heavy atom. The van der Waals surface area contributed by atoms with Crippen LogP contribution in [0.15, 0.2) is 59.5 Å². The normalized spacial score (nSPS) is 23.3. The van der Waals surface area contributed by atoms with Gasteiger partial charge in [-0.15, -0.1) is 0 Å². The van der Waals surface area contributed by atoms with E-state index in [0.29, 0.717) is 11.2 Å². The molecule has 1 aliphatic carbocycles. The molecule has 0 bridgehead atoms. The Balaban J connectivity index is 1.70. The molecule has 1 unspecified atom stereocenters. The SMILES string of the molecule is O=P1(c2ccccc2)Sc2ccccc2N1C(=S)NC1CCCCC1. The maximum Gasteiger partial charge on any atom is 0.265 e. The minimum atomic E-state index is -2.89. The molecule has 1 saturated carbocycles. The number of benzene rings is 2. The van der Waals surface area contributed by atoms with Crippen molar-refractivity contribution in [1.29, 1.82) is 0 Å². The summed E-state index contributed by atoms with van der Waals surface area (Å²) in [5.74, 6) is 0. The van der Waals surface area contributed by atoms with Gasteiger partial charge in [-0.2, -0.15) is 0 Å². The second-order valence-electron chi connectivity index (χ2n) is 6.51. The fourth-order valence-corrected chi connectivity index (χ4v) is 9.43. The number of rotatable bonds is 2. The Kier molecular flexibility index (Phi) is 4.90. The summed E-state index contributed by atoms with van der Waals surface area (Å²) in [5.41, 5.74) is 0.952. The maximum atomic E-state index is 14.0. The lowest BCUT2D eigenvalue weighted by Crippen LogP contribution is -2.44. The van der Waals surface area contributed by atoms with Crippen LogP contribution in [0.4, 0.5) is 5.69 Å². The van der Waals surface area contributed by atoms with Crippen LogP contribution >= 0.6 is 30.1 Å². The van der Waals surface area contributed by atoms with Crippen LogP contribution in [-0.4, -0.2) is 11.2 Å². The average Bonchev–Trinajstić information content (AvgIpc) is 2.96. The molecule has 2 aromatic carbocycles. The van der Waals surface area contributed by atoms with E-state index in [-0.39, 0.29) is 0 Å². The van der Waals surface area contributed by atoms with E-state index < -0.39 is 6.49 Å². The molecule has 1 atom stereocenters. The molecule has 1 heterocycles. The van der Waals surface area contributed by atoms with Crippen molar-refractivity contribution in [2.45, 2.75) is 43.0 Å². The smallest absolute Gasteiger partial charge is 0.265 e. The van der Waals surface area contributed by atoms with Crippen LogP contribution in [-0.2, 0) is 4.57 Å². The van der Waals surface area contributed by atoms with E-state index in [9.17, 15) is 4.57 Å². The first-order valence-electron chi connectivity index (χ1n) is 8.74. The molecule has 0 amide bonds. The van der Waals surface area contributed by atoms with Crippen molar-refractivity contribution in [3.63, 3.8) is 0 Å². The van der Waals surface area contributed by atoms with Gasteiger partial charge in [-0.25, -0.2) is 0 Å². The minimum Gasteiger partial charge on any atom is -0.359 e. The number of hydrogen-bond acceptors (Lipinski definition) is 3. The highest BCUT2D eigenvalue weighted by atomic mass is 32.7. The van der Waals surface area contributed by atoms with E-state index in [1.165, 1.54) is 30.6 Å². The number of fused-ring (bicyclic) bond motifs is 1. The predicted octanol–water partition coefficient (Wildman–Crippen LogP) is 5.32. The van der Waals surface area contributed by atoms with Crippen molar-refractivity contribution in [2.75, 3.05) is 4.67 Å². The van der Waals surface area contributed by atoms with Gasteiger partial charge >= 0.3 is 0 Å². The second kappa shape index (κ2) is 7.14. The van der Waals surface area contributed by atoms with E-state index in [1.807, 2.05) is 59.3 Å². The van der Waals surface area contributed by atoms with Gasteiger partial charge in [0.2, 0.25) is 0 Å². The fraction of sp³-hybridized carbons (Fsp3) is 0.316.